The predicted octanol–water partition coefficient (Wildman–Crippen LogP) is 5.29. The standard InChI is InChI=1S/C31H39N3O7/c1-18(2)26(27(36)25-19(3)28(37)34-29(25)38)33-24(35)16-23(32-30(39)41-31(4,5)6)21-12-14-22(15-13-21)40-17-20-10-8-7-9-11-20/h7-15,18,23,26,34,37-38H,16-17H2,1-6H3,(H,32,39)(H,33,35)/t23-,26-/m0/s1. The van der Waals surface area contributed by atoms with Crippen molar-refractivity contribution >= 4 is 17.8 Å². The second-order valence-corrected chi connectivity index (χ2v) is 11.2. The third-order valence-corrected chi connectivity index (χ3v) is 6.33. The lowest BCUT2D eigenvalue weighted by molar-refractivity contribution is -0.122. The molecule has 0 spiro atoms. The van der Waals surface area contributed by atoms with Crippen LogP contribution in [0.1, 0.15) is 74.1 Å². The van der Waals surface area contributed by atoms with E-state index in [1.807, 2.05) is 30.3 Å². The van der Waals surface area contributed by atoms with E-state index >= 15 is 0 Å². The van der Waals surface area contributed by atoms with Crippen molar-refractivity contribution in [3.05, 3.63) is 76.9 Å². The van der Waals surface area contributed by atoms with Gasteiger partial charge in [-0.25, -0.2) is 4.79 Å². The zero-order valence-corrected chi connectivity index (χ0v) is 24.3. The summed E-state index contributed by atoms with van der Waals surface area (Å²) in [7, 11) is 0. The molecule has 10 heteroatoms. The van der Waals surface area contributed by atoms with Crippen LogP contribution in [0.3, 0.4) is 0 Å². The molecule has 0 unspecified atom stereocenters. The van der Waals surface area contributed by atoms with Gasteiger partial charge in [0, 0.05) is 5.56 Å². The van der Waals surface area contributed by atoms with Crippen molar-refractivity contribution in [2.24, 2.45) is 5.92 Å². The number of hydrogen-bond acceptors (Lipinski definition) is 7. The molecule has 220 valence electrons. The fraction of sp³-hybridized carbons (Fsp3) is 0.387. The van der Waals surface area contributed by atoms with Crippen molar-refractivity contribution in [3.8, 4) is 17.5 Å². The number of H-pyrrole nitrogens is 1. The van der Waals surface area contributed by atoms with Crippen molar-refractivity contribution in [1.82, 2.24) is 15.6 Å². The molecule has 0 bridgehead atoms. The van der Waals surface area contributed by atoms with Gasteiger partial charge in [-0.3, -0.25) is 14.6 Å². The molecule has 10 nitrogen and oxygen atoms in total. The molecule has 2 amide bonds. The molecule has 0 fully saturated rings. The minimum Gasteiger partial charge on any atom is -0.494 e. The first-order chi connectivity index (χ1) is 19.2. The van der Waals surface area contributed by atoms with Gasteiger partial charge < -0.3 is 30.3 Å². The van der Waals surface area contributed by atoms with Gasteiger partial charge in [0.15, 0.2) is 11.7 Å². The molecule has 3 rings (SSSR count). The van der Waals surface area contributed by atoms with E-state index < -0.39 is 41.3 Å². The van der Waals surface area contributed by atoms with Crippen LogP contribution >= 0.6 is 0 Å². The third-order valence-electron chi connectivity index (χ3n) is 6.33. The SMILES string of the molecule is Cc1c(O)[nH]c(O)c1C(=O)[C@@H](NC(=O)C[C@H](NC(=O)OC(C)(C)C)c1ccc(OCc2ccccc2)cc1)C(C)C. The topological polar surface area (TPSA) is 150 Å². The normalized spacial score (nSPS) is 12.9. The average molecular weight is 566 g/mol. The summed E-state index contributed by atoms with van der Waals surface area (Å²) in [5.41, 5.74) is 1.01. The molecule has 0 saturated heterocycles. The first-order valence-electron chi connectivity index (χ1n) is 13.5. The Morgan fingerprint density at radius 1 is 0.927 bits per heavy atom. The van der Waals surface area contributed by atoms with Crippen LogP contribution in [-0.4, -0.2) is 44.6 Å². The Hall–Kier alpha value is -4.47. The van der Waals surface area contributed by atoms with E-state index in [9.17, 15) is 24.6 Å². The maximum absolute atomic E-state index is 13.3. The maximum atomic E-state index is 13.3. The zero-order valence-electron chi connectivity index (χ0n) is 24.3. The fourth-order valence-electron chi connectivity index (χ4n) is 4.21. The highest BCUT2D eigenvalue weighted by Crippen LogP contribution is 2.30. The second-order valence-electron chi connectivity index (χ2n) is 11.2. The molecular formula is C31H39N3O7. The molecular weight excluding hydrogens is 526 g/mol. The van der Waals surface area contributed by atoms with E-state index in [4.69, 9.17) is 9.47 Å². The van der Waals surface area contributed by atoms with Gasteiger partial charge in [0.05, 0.1) is 24.1 Å². The van der Waals surface area contributed by atoms with E-state index in [-0.39, 0.29) is 29.3 Å². The number of aromatic hydroxyl groups is 2. The summed E-state index contributed by atoms with van der Waals surface area (Å²) in [6.07, 6.45) is -0.886. The van der Waals surface area contributed by atoms with Gasteiger partial charge in [-0.1, -0.05) is 56.3 Å². The molecule has 5 N–H and O–H groups in total. The number of nitrogens with one attached hydrogen (secondary N) is 3. The quantitative estimate of drug-likeness (QED) is 0.198. The van der Waals surface area contributed by atoms with Crippen LogP contribution in [0.5, 0.6) is 17.5 Å². The Morgan fingerprint density at radius 2 is 1.56 bits per heavy atom. The second kappa shape index (κ2) is 13.3. The van der Waals surface area contributed by atoms with Gasteiger partial charge in [-0.15, -0.1) is 0 Å². The monoisotopic (exact) mass is 565 g/mol. The van der Waals surface area contributed by atoms with Crippen LogP contribution < -0.4 is 15.4 Å². The van der Waals surface area contributed by atoms with Gasteiger partial charge in [0.1, 0.15) is 18.0 Å². The Labute approximate surface area is 240 Å². The number of aromatic nitrogens is 1. The fourth-order valence-corrected chi connectivity index (χ4v) is 4.21. The van der Waals surface area contributed by atoms with Crippen LogP contribution in [0.4, 0.5) is 4.79 Å². The number of alkyl carbamates (subject to hydrolysis) is 1. The number of Topliss-reactive ketones (excluding diaryl/α,β-unsaturated/α-hetero) is 1. The van der Waals surface area contributed by atoms with E-state index in [2.05, 4.69) is 15.6 Å². The number of aromatic amines is 1. The van der Waals surface area contributed by atoms with E-state index in [0.29, 0.717) is 17.9 Å². The number of carbonyl (C=O) groups excluding carboxylic acids is 3. The number of benzene rings is 2. The van der Waals surface area contributed by atoms with Crippen molar-refractivity contribution in [1.29, 1.82) is 0 Å². The lowest BCUT2D eigenvalue weighted by Crippen LogP contribution is -2.46. The Balaban J connectivity index is 1.77. The van der Waals surface area contributed by atoms with Crippen LogP contribution in [-0.2, 0) is 16.1 Å². The molecule has 0 aliphatic heterocycles. The van der Waals surface area contributed by atoms with Crippen molar-refractivity contribution in [3.63, 3.8) is 0 Å². The molecule has 2 aromatic carbocycles. The summed E-state index contributed by atoms with van der Waals surface area (Å²) >= 11 is 0. The van der Waals surface area contributed by atoms with Crippen LogP contribution in [0.15, 0.2) is 54.6 Å². The van der Waals surface area contributed by atoms with Gasteiger partial charge in [0.2, 0.25) is 11.8 Å². The molecule has 41 heavy (non-hydrogen) atoms. The predicted molar refractivity (Wildman–Crippen MR) is 154 cm³/mol. The number of ether oxygens (including phenoxy) is 2. The Kier molecular flexibility index (Phi) is 10.0. The highest BCUT2D eigenvalue weighted by Gasteiger charge is 2.32. The van der Waals surface area contributed by atoms with E-state index in [1.165, 1.54) is 6.92 Å². The summed E-state index contributed by atoms with van der Waals surface area (Å²) in [6.45, 7) is 10.6. The van der Waals surface area contributed by atoms with Crippen LogP contribution in [0, 0.1) is 12.8 Å². The molecule has 1 aromatic heterocycles. The van der Waals surface area contributed by atoms with E-state index in [0.717, 1.165) is 5.56 Å². The number of carbonyl (C=O) groups is 3. The molecule has 0 radical (unpaired) electrons. The van der Waals surface area contributed by atoms with Crippen LogP contribution in [0.25, 0.3) is 0 Å². The van der Waals surface area contributed by atoms with Crippen LogP contribution in [0.2, 0.25) is 0 Å². The summed E-state index contributed by atoms with van der Waals surface area (Å²) in [5, 5.41) is 25.5. The third kappa shape index (κ3) is 8.76. The maximum Gasteiger partial charge on any atom is 0.408 e. The molecule has 3 aromatic rings. The van der Waals surface area contributed by atoms with Gasteiger partial charge in [0.25, 0.3) is 0 Å². The average Bonchev–Trinajstić information content (AvgIpc) is 3.15. The number of hydrogen-bond donors (Lipinski definition) is 5. The highest BCUT2D eigenvalue weighted by molar-refractivity contribution is 6.05. The molecule has 1 heterocycles. The molecule has 0 aliphatic rings. The van der Waals surface area contributed by atoms with Gasteiger partial charge in [-0.05, 0) is 56.9 Å². The summed E-state index contributed by atoms with van der Waals surface area (Å²) in [4.78, 5) is 41.5. The molecule has 2 atom stereocenters. The summed E-state index contributed by atoms with van der Waals surface area (Å²) < 4.78 is 11.3. The Morgan fingerprint density at radius 3 is 2.10 bits per heavy atom. The zero-order chi connectivity index (χ0) is 30.3. The number of ketones is 1. The van der Waals surface area contributed by atoms with Crippen molar-refractivity contribution in [2.75, 3.05) is 0 Å². The summed E-state index contributed by atoms with van der Waals surface area (Å²) in [5.74, 6) is -1.55. The lowest BCUT2D eigenvalue weighted by atomic mass is 9.93. The van der Waals surface area contributed by atoms with Gasteiger partial charge in [-0.2, -0.15) is 0 Å². The first kappa shape index (κ1) is 31.1. The first-order valence-corrected chi connectivity index (χ1v) is 13.5. The smallest absolute Gasteiger partial charge is 0.408 e. The van der Waals surface area contributed by atoms with Gasteiger partial charge >= 0.3 is 6.09 Å². The van der Waals surface area contributed by atoms with E-state index in [1.54, 1.807) is 58.9 Å². The summed E-state index contributed by atoms with van der Waals surface area (Å²) in [6, 6.07) is 15.0. The lowest BCUT2D eigenvalue weighted by Gasteiger charge is -2.25. The Bertz CT molecular complexity index is 1340. The molecule has 0 saturated carbocycles. The minimum absolute atomic E-state index is 0.0870. The largest absolute Gasteiger partial charge is 0.494 e. The highest BCUT2D eigenvalue weighted by atomic mass is 16.6. The number of rotatable bonds is 11. The van der Waals surface area contributed by atoms with Crippen molar-refractivity contribution in [2.45, 2.75) is 72.3 Å². The molecule has 0 aliphatic carbocycles. The number of amides is 2. The minimum atomic E-state index is -0.988. The van der Waals surface area contributed by atoms with Crippen molar-refractivity contribution < 1.29 is 34.1 Å².